The van der Waals surface area contributed by atoms with Crippen molar-refractivity contribution >= 4 is 23.7 Å². The van der Waals surface area contributed by atoms with Crippen molar-refractivity contribution in [2.75, 3.05) is 20.0 Å². The van der Waals surface area contributed by atoms with Gasteiger partial charge < -0.3 is 9.47 Å². The summed E-state index contributed by atoms with van der Waals surface area (Å²) in [6, 6.07) is 10.1. The lowest BCUT2D eigenvalue weighted by Gasteiger charge is -2.21. The molecule has 1 rings (SSSR count). The van der Waals surface area contributed by atoms with Gasteiger partial charge in [0.2, 0.25) is 0 Å². The van der Waals surface area contributed by atoms with E-state index in [1.807, 2.05) is 30.0 Å². The Bertz CT molecular complexity index is 560. The quantitative estimate of drug-likeness (QED) is 0.154. The lowest BCUT2D eigenvalue weighted by atomic mass is 9.99. The molecule has 1 aromatic carbocycles. The smallest absolute Gasteiger partial charge is 0.320 e. The van der Waals surface area contributed by atoms with Gasteiger partial charge in [-0.25, -0.2) is 0 Å². The van der Waals surface area contributed by atoms with E-state index in [0.717, 1.165) is 17.7 Å². The first-order valence-electron chi connectivity index (χ1n) is 11.5. The van der Waals surface area contributed by atoms with E-state index in [1.165, 1.54) is 72.0 Å². The lowest BCUT2D eigenvalue weighted by Crippen LogP contribution is -2.28. The molecule has 0 aliphatic heterocycles. The van der Waals surface area contributed by atoms with Crippen LogP contribution in [0.15, 0.2) is 30.3 Å². The molecule has 1 unspecified atom stereocenters. The van der Waals surface area contributed by atoms with Crippen LogP contribution in [0.5, 0.6) is 0 Å². The minimum Gasteiger partial charge on any atom is -0.468 e. The van der Waals surface area contributed by atoms with Crippen LogP contribution in [0.1, 0.15) is 88.4 Å². The summed E-state index contributed by atoms with van der Waals surface area (Å²) >= 11 is 1.82. The van der Waals surface area contributed by atoms with Crippen LogP contribution in [0.25, 0.3) is 0 Å². The lowest BCUT2D eigenvalue weighted by molar-refractivity contribution is -0.159. The fraction of sp³-hybridized carbons (Fsp3) is 0.680. The molecule has 0 saturated heterocycles. The van der Waals surface area contributed by atoms with Crippen molar-refractivity contribution < 1.29 is 19.1 Å². The van der Waals surface area contributed by atoms with Gasteiger partial charge in [0.05, 0.1) is 14.2 Å². The van der Waals surface area contributed by atoms with Crippen LogP contribution in [0, 0.1) is 5.92 Å². The van der Waals surface area contributed by atoms with Crippen LogP contribution in [0.3, 0.4) is 0 Å². The zero-order valence-corrected chi connectivity index (χ0v) is 19.9. The van der Waals surface area contributed by atoms with E-state index in [1.54, 1.807) is 0 Å². The minimum absolute atomic E-state index is 0.0629. The van der Waals surface area contributed by atoms with Crippen molar-refractivity contribution in [1.82, 2.24) is 0 Å². The van der Waals surface area contributed by atoms with Crippen molar-refractivity contribution in [3.8, 4) is 0 Å². The Morgan fingerprint density at radius 2 is 1.30 bits per heavy atom. The fourth-order valence-corrected chi connectivity index (χ4v) is 4.90. The van der Waals surface area contributed by atoms with Gasteiger partial charge in [-0.05, 0) is 24.2 Å². The van der Waals surface area contributed by atoms with E-state index in [0.29, 0.717) is 6.42 Å². The molecule has 0 aliphatic carbocycles. The number of benzene rings is 1. The Hall–Kier alpha value is -1.49. The summed E-state index contributed by atoms with van der Waals surface area (Å²) in [4.78, 5) is 24.2. The highest BCUT2D eigenvalue weighted by Crippen LogP contribution is 2.36. The number of carbonyl (C=O) groups excluding carboxylic acids is 2. The summed E-state index contributed by atoms with van der Waals surface area (Å²) in [7, 11) is 2.62. The van der Waals surface area contributed by atoms with Gasteiger partial charge in [-0.3, -0.25) is 9.59 Å². The zero-order chi connectivity index (χ0) is 22.0. The normalized spacial score (nSPS) is 12.0. The molecule has 0 bridgehead atoms. The Balaban J connectivity index is 2.43. The van der Waals surface area contributed by atoms with Crippen LogP contribution in [0.4, 0.5) is 0 Å². The third-order valence-corrected chi connectivity index (χ3v) is 6.80. The van der Waals surface area contributed by atoms with Gasteiger partial charge in [-0.15, -0.1) is 0 Å². The van der Waals surface area contributed by atoms with Crippen LogP contribution >= 0.6 is 11.8 Å². The van der Waals surface area contributed by atoms with Gasteiger partial charge in [0, 0.05) is 5.25 Å². The molecule has 0 radical (unpaired) electrons. The first-order valence-corrected chi connectivity index (χ1v) is 12.5. The van der Waals surface area contributed by atoms with Gasteiger partial charge in [-0.1, -0.05) is 95.0 Å². The molecule has 5 heteroatoms. The molecular weight excluding hydrogens is 396 g/mol. The summed E-state index contributed by atoms with van der Waals surface area (Å²) in [5.41, 5.74) is 1.13. The average molecular weight is 437 g/mol. The topological polar surface area (TPSA) is 52.6 Å². The first kappa shape index (κ1) is 26.5. The Labute approximate surface area is 187 Å². The maximum atomic E-state index is 12.1. The highest BCUT2D eigenvalue weighted by atomic mass is 32.2. The SMILES string of the molecule is CCCCCCCCCCCCSC(CC(C(=O)OC)C(=O)OC)c1ccccc1. The molecule has 30 heavy (non-hydrogen) atoms. The van der Waals surface area contributed by atoms with Gasteiger partial charge in [0.25, 0.3) is 0 Å². The Kier molecular flexibility index (Phi) is 15.2. The van der Waals surface area contributed by atoms with E-state index in [-0.39, 0.29) is 5.25 Å². The number of carbonyl (C=O) groups is 2. The van der Waals surface area contributed by atoms with Crippen LogP contribution in [0.2, 0.25) is 0 Å². The van der Waals surface area contributed by atoms with E-state index in [4.69, 9.17) is 9.47 Å². The van der Waals surface area contributed by atoms with Crippen molar-refractivity contribution in [3.63, 3.8) is 0 Å². The fourth-order valence-electron chi connectivity index (χ4n) is 3.57. The molecule has 4 nitrogen and oxygen atoms in total. The predicted octanol–water partition coefficient (Wildman–Crippen LogP) is 6.73. The molecule has 170 valence electrons. The molecule has 1 atom stereocenters. The van der Waals surface area contributed by atoms with Gasteiger partial charge in [0.15, 0.2) is 5.92 Å². The summed E-state index contributed by atoms with van der Waals surface area (Å²) in [5, 5.41) is 0.0629. The van der Waals surface area contributed by atoms with Gasteiger partial charge in [0.1, 0.15) is 0 Å². The third-order valence-electron chi connectivity index (χ3n) is 5.41. The summed E-state index contributed by atoms with van der Waals surface area (Å²) in [5.74, 6) is -0.916. The first-order chi connectivity index (χ1) is 14.6. The number of methoxy groups -OCH3 is 2. The molecule has 0 aromatic heterocycles. The zero-order valence-electron chi connectivity index (χ0n) is 19.1. The highest BCUT2D eigenvalue weighted by Gasteiger charge is 2.32. The standard InChI is InChI=1S/C25H40O4S/c1-4-5-6-7-8-9-10-11-12-16-19-30-23(21-17-14-13-15-18-21)20-22(24(26)28-2)25(27)29-3/h13-15,17-18,22-23H,4-12,16,19-20H2,1-3H3. The number of rotatable bonds is 17. The summed E-state index contributed by atoms with van der Waals surface area (Å²) in [6.45, 7) is 2.26. The molecule has 0 amide bonds. The largest absolute Gasteiger partial charge is 0.468 e. The van der Waals surface area contributed by atoms with E-state index < -0.39 is 17.9 Å². The van der Waals surface area contributed by atoms with Gasteiger partial charge in [-0.2, -0.15) is 11.8 Å². The number of unbranched alkanes of at least 4 members (excludes halogenated alkanes) is 9. The van der Waals surface area contributed by atoms with E-state index in [9.17, 15) is 9.59 Å². The maximum absolute atomic E-state index is 12.1. The molecule has 0 aliphatic rings. The molecule has 0 spiro atoms. The third kappa shape index (κ3) is 11.1. The van der Waals surface area contributed by atoms with Gasteiger partial charge >= 0.3 is 11.9 Å². The monoisotopic (exact) mass is 436 g/mol. The average Bonchev–Trinajstić information content (AvgIpc) is 2.79. The van der Waals surface area contributed by atoms with Crippen molar-refractivity contribution in [1.29, 1.82) is 0 Å². The van der Waals surface area contributed by atoms with Crippen LogP contribution in [-0.4, -0.2) is 31.9 Å². The molecular formula is C25H40O4S. The van der Waals surface area contributed by atoms with Crippen LogP contribution in [-0.2, 0) is 19.1 Å². The molecule has 0 fully saturated rings. The number of hydrogen-bond donors (Lipinski definition) is 0. The second-order valence-electron chi connectivity index (χ2n) is 7.79. The Morgan fingerprint density at radius 3 is 1.80 bits per heavy atom. The minimum atomic E-state index is -0.884. The Morgan fingerprint density at radius 1 is 0.800 bits per heavy atom. The number of ether oxygens (including phenoxy) is 2. The van der Waals surface area contributed by atoms with Crippen molar-refractivity contribution in [3.05, 3.63) is 35.9 Å². The number of hydrogen-bond acceptors (Lipinski definition) is 5. The summed E-state index contributed by atoms with van der Waals surface area (Å²) < 4.78 is 9.67. The molecule has 1 aromatic rings. The second-order valence-corrected chi connectivity index (χ2v) is 9.10. The summed E-state index contributed by atoms with van der Waals surface area (Å²) in [6.07, 6.45) is 13.6. The molecule has 0 saturated carbocycles. The maximum Gasteiger partial charge on any atom is 0.320 e. The van der Waals surface area contributed by atoms with E-state index >= 15 is 0 Å². The number of esters is 2. The molecule has 0 heterocycles. The highest BCUT2D eigenvalue weighted by molar-refractivity contribution is 7.99. The number of thioether (sulfide) groups is 1. The van der Waals surface area contributed by atoms with Crippen molar-refractivity contribution in [2.24, 2.45) is 5.92 Å². The second kappa shape index (κ2) is 17.2. The van der Waals surface area contributed by atoms with Crippen molar-refractivity contribution in [2.45, 2.75) is 82.8 Å². The van der Waals surface area contributed by atoms with E-state index in [2.05, 4.69) is 19.1 Å². The molecule has 0 N–H and O–H groups in total. The predicted molar refractivity (Wildman–Crippen MR) is 126 cm³/mol. The van der Waals surface area contributed by atoms with Crippen LogP contribution < -0.4 is 0 Å².